The summed E-state index contributed by atoms with van der Waals surface area (Å²) in [7, 11) is 3.95. The Kier molecular flexibility index (Phi) is 10.3. The second-order valence-electron chi connectivity index (χ2n) is 7.44. The molecule has 10 nitrogen and oxygen atoms in total. The number of nitriles is 1. The molecule has 182 valence electrons. The van der Waals surface area contributed by atoms with Gasteiger partial charge < -0.3 is 25.6 Å². The molecule has 0 radical (unpaired) electrons. The van der Waals surface area contributed by atoms with Crippen molar-refractivity contribution in [2.45, 2.75) is 26.8 Å². The van der Waals surface area contributed by atoms with Crippen LogP contribution in [0.25, 0.3) is 11.8 Å². The Labute approximate surface area is 202 Å². The third-order valence-corrected chi connectivity index (χ3v) is 5.72. The first-order valence-corrected chi connectivity index (χ1v) is 11.7. The molecule has 0 spiro atoms. The number of thiazole rings is 1. The number of anilines is 2. The van der Waals surface area contributed by atoms with Crippen LogP contribution in [0.1, 0.15) is 20.3 Å². The van der Waals surface area contributed by atoms with Crippen LogP contribution in [0.5, 0.6) is 0 Å². The first-order chi connectivity index (χ1) is 16.3. The topological polar surface area (TPSA) is 128 Å². The first kappa shape index (κ1) is 26.6. The molecule has 0 atom stereocenters. The van der Waals surface area contributed by atoms with E-state index in [-0.39, 0.29) is 28.4 Å². The number of hydrogen-bond acceptors (Lipinski definition) is 8. The lowest BCUT2D eigenvalue weighted by molar-refractivity contribution is -0.136. The van der Waals surface area contributed by atoms with Gasteiger partial charge >= 0.3 is 12.0 Å². The highest BCUT2D eigenvalue weighted by Gasteiger charge is 2.16. The lowest BCUT2D eigenvalue weighted by Gasteiger charge is -2.11. The Morgan fingerprint density at radius 3 is 2.65 bits per heavy atom. The normalized spacial score (nSPS) is 12.2. The number of esters is 1. The van der Waals surface area contributed by atoms with E-state index in [0.717, 1.165) is 24.3 Å². The zero-order chi connectivity index (χ0) is 25.1. The van der Waals surface area contributed by atoms with Crippen molar-refractivity contribution in [3.8, 4) is 6.07 Å². The van der Waals surface area contributed by atoms with Crippen molar-refractivity contribution < 1.29 is 14.3 Å². The van der Waals surface area contributed by atoms with Crippen LogP contribution in [0.15, 0.2) is 29.1 Å². The van der Waals surface area contributed by atoms with Crippen molar-refractivity contribution in [1.29, 1.82) is 5.26 Å². The van der Waals surface area contributed by atoms with Crippen LogP contribution in [0.3, 0.4) is 0 Å². The van der Waals surface area contributed by atoms with Crippen LogP contribution in [-0.2, 0) is 16.1 Å². The first-order valence-electron chi connectivity index (χ1n) is 10.9. The Hall–Kier alpha value is -3.62. The Morgan fingerprint density at radius 1 is 1.26 bits per heavy atom. The van der Waals surface area contributed by atoms with E-state index in [1.807, 2.05) is 25.1 Å². The van der Waals surface area contributed by atoms with Crippen LogP contribution in [0.2, 0.25) is 0 Å². The standard InChI is InChI=1S/C23H30N6O4S/c1-5-29-20(30)19(34-21(29)18(14-24)22(31)33-6-2)15-26-16-9-7-10-17(13-16)27-23(32)25-11-8-12-28(3)4/h7,9-10,13,15,26H,5-6,8,11-12H2,1-4H3,(H2,25,27,32). The third-order valence-electron chi connectivity index (χ3n) is 4.59. The van der Waals surface area contributed by atoms with Crippen LogP contribution in [0.4, 0.5) is 16.2 Å². The van der Waals surface area contributed by atoms with E-state index in [1.165, 1.54) is 10.8 Å². The largest absolute Gasteiger partial charge is 0.462 e. The molecule has 1 aromatic heterocycles. The van der Waals surface area contributed by atoms with Gasteiger partial charge in [-0.1, -0.05) is 6.07 Å². The van der Waals surface area contributed by atoms with Gasteiger partial charge in [-0.2, -0.15) is 5.26 Å². The highest BCUT2D eigenvalue weighted by Crippen LogP contribution is 2.15. The molecule has 0 fully saturated rings. The van der Waals surface area contributed by atoms with Crippen molar-refractivity contribution in [2.24, 2.45) is 0 Å². The maximum atomic E-state index is 12.8. The fourth-order valence-electron chi connectivity index (χ4n) is 2.98. The number of hydrogen-bond donors (Lipinski definition) is 3. The highest BCUT2D eigenvalue weighted by molar-refractivity contribution is 7.07. The van der Waals surface area contributed by atoms with E-state index in [9.17, 15) is 19.6 Å². The van der Waals surface area contributed by atoms with E-state index in [0.29, 0.717) is 29.0 Å². The predicted molar refractivity (Wildman–Crippen MR) is 134 cm³/mol. The SMILES string of the molecule is CCOC(=O)C(C#N)=c1sc(=CNc2cccc(NC(=O)NCCCN(C)C)c2)c(=O)n1CC. The van der Waals surface area contributed by atoms with Crippen LogP contribution < -0.4 is 30.7 Å². The van der Waals surface area contributed by atoms with Crippen molar-refractivity contribution in [3.05, 3.63) is 43.8 Å². The van der Waals surface area contributed by atoms with Crippen molar-refractivity contribution in [3.63, 3.8) is 0 Å². The van der Waals surface area contributed by atoms with E-state index in [2.05, 4.69) is 16.0 Å². The summed E-state index contributed by atoms with van der Waals surface area (Å²) < 4.78 is 6.88. The summed E-state index contributed by atoms with van der Waals surface area (Å²) in [5.41, 5.74) is 0.716. The minimum Gasteiger partial charge on any atom is -0.462 e. The molecule has 2 rings (SSSR count). The molecule has 1 heterocycles. The fourth-order valence-corrected chi connectivity index (χ4v) is 4.06. The van der Waals surface area contributed by atoms with Gasteiger partial charge in [-0.25, -0.2) is 9.59 Å². The average molecular weight is 487 g/mol. The molecule has 0 aliphatic rings. The van der Waals surface area contributed by atoms with E-state index in [1.54, 1.807) is 38.1 Å². The number of carbonyl (C=O) groups is 2. The second kappa shape index (κ2) is 13.2. The van der Waals surface area contributed by atoms with Gasteiger partial charge in [0.15, 0.2) is 5.57 Å². The summed E-state index contributed by atoms with van der Waals surface area (Å²) in [6, 6.07) is 8.59. The summed E-state index contributed by atoms with van der Waals surface area (Å²) in [6.07, 6.45) is 2.36. The molecule has 0 unspecified atom stereocenters. The minimum atomic E-state index is -0.758. The zero-order valence-corrected chi connectivity index (χ0v) is 20.6. The number of benzene rings is 1. The van der Waals surface area contributed by atoms with Crippen molar-refractivity contribution >= 4 is 46.5 Å². The Balaban J connectivity index is 2.21. The molecule has 0 saturated carbocycles. The smallest absolute Gasteiger partial charge is 0.351 e. The molecule has 34 heavy (non-hydrogen) atoms. The number of urea groups is 1. The van der Waals surface area contributed by atoms with E-state index >= 15 is 0 Å². The molecule has 0 saturated heterocycles. The van der Waals surface area contributed by atoms with E-state index < -0.39 is 5.97 Å². The molecule has 0 aliphatic heterocycles. The summed E-state index contributed by atoms with van der Waals surface area (Å²) in [6.45, 7) is 5.28. The highest BCUT2D eigenvalue weighted by atomic mass is 32.1. The zero-order valence-electron chi connectivity index (χ0n) is 19.8. The van der Waals surface area contributed by atoms with Crippen molar-refractivity contribution in [1.82, 2.24) is 14.8 Å². The molecule has 2 aromatic rings. The van der Waals surface area contributed by atoms with Gasteiger partial charge in [-0.05, 0) is 59.1 Å². The maximum absolute atomic E-state index is 12.8. The number of carbonyl (C=O) groups excluding carboxylic acids is 2. The molecule has 11 heteroatoms. The molecule has 0 aliphatic carbocycles. The Morgan fingerprint density at radius 2 is 2.00 bits per heavy atom. The van der Waals surface area contributed by atoms with Crippen LogP contribution in [-0.4, -0.2) is 55.3 Å². The second-order valence-corrected chi connectivity index (χ2v) is 8.47. The molecule has 0 bridgehead atoms. The number of nitrogens with one attached hydrogen (secondary N) is 3. The van der Waals surface area contributed by atoms with Gasteiger partial charge in [-0.3, -0.25) is 9.36 Å². The van der Waals surface area contributed by atoms with Gasteiger partial charge in [0.1, 0.15) is 15.3 Å². The van der Waals surface area contributed by atoms with Crippen LogP contribution in [0, 0.1) is 11.3 Å². The van der Waals surface area contributed by atoms with E-state index in [4.69, 9.17) is 4.74 Å². The number of ether oxygens (including phenoxy) is 1. The molecular weight excluding hydrogens is 456 g/mol. The predicted octanol–water partition coefficient (Wildman–Crippen LogP) is 1.09. The third kappa shape index (κ3) is 7.47. The summed E-state index contributed by atoms with van der Waals surface area (Å²) in [5.74, 6) is -0.758. The Bertz CT molecular complexity index is 1230. The van der Waals surface area contributed by atoms with Gasteiger partial charge in [0, 0.05) is 30.7 Å². The molecule has 1 aromatic carbocycles. The quantitative estimate of drug-likeness (QED) is 0.339. The molecular formula is C23H30N6O4S. The lowest BCUT2D eigenvalue weighted by Crippen LogP contribution is -2.32. The summed E-state index contributed by atoms with van der Waals surface area (Å²) >= 11 is 1.03. The van der Waals surface area contributed by atoms with Gasteiger partial charge in [0.05, 0.1) is 6.61 Å². The van der Waals surface area contributed by atoms with Crippen LogP contribution >= 0.6 is 11.3 Å². The summed E-state index contributed by atoms with van der Waals surface area (Å²) in [4.78, 5) is 39.0. The molecule has 2 amide bonds. The van der Waals surface area contributed by atoms with Crippen molar-refractivity contribution in [2.75, 3.05) is 44.4 Å². The van der Waals surface area contributed by atoms with Gasteiger partial charge in [-0.15, -0.1) is 11.3 Å². The van der Waals surface area contributed by atoms with Gasteiger partial charge in [0.25, 0.3) is 5.56 Å². The number of amides is 2. The lowest BCUT2D eigenvalue weighted by atomic mass is 10.3. The molecule has 3 N–H and O–H groups in total. The monoisotopic (exact) mass is 486 g/mol. The average Bonchev–Trinajstić information content (AvgIpc) is 3.11. The fraction of sp³-hybridized carbons (Fsp3) is 0.391. The number of aromatic nitrogens is 1. The summed E-state index contributed by atoms with van der Waals surface area (Å²) in [5, 5.41) is 18.1. The van der Waals surface area contributed by atoms with Gasteiger partial charge in [0.2, 0.25) is 0 Å². The number of rotatable bonds is 10. The number of nitrogens with zero attached hydrogens (tertiary/aromatic N) is 3. The maximum Gasteiger partial charge on any atom is 0.351 e. The minimum absolute atomic E-state index is 0.130.